The van der Waals surface area contributed by atoms with Crippen LogP contribution in [-0.2, 0) is 16.1 Å². The van der Waals surface area contributed by atoms with Crippen molar-refractivity contribution in [1.82, 2.24) is 9.47 Å². The van der Waals surface area contributed by atoms with Crippen LogP contribution < -0.4 is 4.80 Å². The third kappa shape index (κ3) is 5.39. The van der Waals surface area contributed by atoms with Crippen molar-refractivity contribution in [1.29, 1.82) is 0 Å². The Morgan fingerprint density at radius 1 is 1.34 bits per heavy atom. The molecule has 1 unspecified atom stereocenters. The molecule has 0 aliphatic carbocycles. The molecule has 2 heterocycles. The van der Waals surface area contributed by atoms with E-state index in [0.29, 0.717) is 23.1 Å². The highest BCUT2D eigenvalue weighted by Gasteiger charge is 2.25. The normalized spacial score (nSPS) is 17.7. The standard InChI is InChI=1S/C22H29N3O2S2/c1-4-11-25-18-10-9-16(3)13-19(18)29-22(25)23-20(26)14-28-15-21(27)24-12-7-6-8-17(24)5-2/h4,9-10,13,17H,1,5-8,11-12,14-15H2,2-3H3. The van der Waals surface area contributed by atoms with E-state index in [1.54, 1.807) is 0 Å². The molecule has 156 valence electrons. The lowest BCUT2D eigenvalue weighted by molar-refractivity contribution is -0.132. The number of benzene rings is 1. The SMILES string of the molecule is C=CCn1c(=NC(=O)CSCC(=O)N2CCCCC2CC)sc2cc(C)ccc21. The Morgan fingerprint density at radius 2 is 2.17 bits per heavy atom. The van der Waals surface area contributed by atoms with E-state index in [0.717, 1.165) is 36.0 Å². The maximum Gasteiger partial charge on any atom is 0.258 e. The number of hydrogen-bond donors (Lipinski definition) is 0. The summed E-state index contributed by atoms with van der Waals surface area (Å²) in [6, 6.07) is 6.59. The Kier molecular flexibility index (Phi) is 7.72. The van der Waals surface area contributed by atoms with Gasteiger partial charge in [0.2, 0.25) is 5.91 Å². The molecule has 0 saturated carbocycles. The number of likely N-dealkylation sites (tertiary alicyclic amines) is 1. The van der Waals surface area contributed by atoms with Crippen LogP contribution in [0.4, 0.5) is 0 Å². The number of thiazole rings is 1. The van der Waals surface area contributed by atoms with Gasteiger partial charge in [0.25, 0.3) is 5.91 Å². The molecule has 5 nitrogen and oxygen atoms in total. The second kappa shape index (κ2) is 10.3. The van der Waals surface area contributed by atoms with Gasteiger partial charge >= 0.3 is 0 Å². The molecule has 0 radical (unpaired) electrons. The molecule has 1 saturated heterocycles. The first-order valence-electron chi connectivity index (χ1n) is 10.2. The summed E-state index contributed by atoms with van der Waals surface area (Å²) >= 11 is 2.88. The maximum atomic E-state index is 12.5. The average molecular weight is 432 g/mol. The number of aryl methyl sites for hydroxylation is 1. The first-order valence-corrected chi connectivity index (χ1v) is 12.2. The minimum atomic E-state index is -0.199. The monoisotopic (exact) mass is 431 g/mol. The lowest BCUT2D eigenvalue weighted by atomic mass is 10.0. The average Bonchev–Trinajstić information content (AvgIpc) is 3.04. The quantitative estimate of drug-likeness (QED) is 0.619. The van der Waals surface area contributed by atoms with Crippen molar-refractivity contribution in [3.8, 4) is 0 Å². The minimum Gasteiger partial charge on any atom is -0.339 e. The molecule has 0 N–H and O–H groups in total. The molecule has 1 fully saturated rings. The third-order valence-electron chi connectivity index (χ3n) is 5.24. The lowest BCUT2D eigenvalue weighted by Gasteiger charge is -2.35. The fourth-order valence-corrected chi connectivity index (χ4v) is 5.61. The summed E-state index contributed by atoms with van der Waals surface area (Å²) in [5, 5.41) is 0. The zero-order valence-corrected chi connectivity index (χ0v) is 18.9. The van der Waals surface area contributed by atoms with Crippen LogP contribution in [0.2, 0.25) is 0 Å². The summed E-state index contributed by atoms with van der Waals surface area (Å²) < 4.78 is 3.12. The van der Waals surface area contributed by atoms with Gasteiger partial charge in [-0.25, -0.2) is 0 Å². The van der Waals surface area contributed by atoms with Gasteiger partial charge in [-0.3, -0.25) is 9.59 Å². The second-order valence-corrected chi connectivity index (χ2v) is 9.39. The van der Waals surface area contributed by atoms with Crippen molar-refractivity contribution in [2.75, 3.05) is 18.1 Å². The van der Waals surface area contributed by atoms with Gasteiger partial charge in [-0.2, -0.15) is 4.99 Å². The number of hydrogen-bond acceptors (Lipinski definition) is 4. The van der Waals surface area contributed by atoms with Crippen molar-refractivity contribution in [3.63, 3.8) is 0 Å². The van der Waals surface area contributed by atoms with E-state index in [2.05, 4.69) is 43.6 Å². The Balaban J connectivity index is 1.65. The van der Waals surface area contributed by atoms with Gasteiger partial charge in [-0.1, -0.05) is 30.4 Å². The molecule has 2 aromatic rings. The molecular formula is C22H29N3O2S2. The number of rotatable bonds is 7. The predicted molar refractivity (Wildman–Crippen MR) is 122 cm³/mol. The molecule has 1 aromatic carbocycles. The zero-order valence-electron chi connectivity index (χ0n) is 17.2. The van der Waals surface area contributed by atoms with Gasteiger partial charge in [0.15, 0.2) is 4.80 Å². The molecule has 1 atom stereocenters. The number of aromatic nitrogens is 1. The number of nitrogens with zero attached hydrogens (tertiary/aromatic N) is 3. The fraction of sp³-hybridized carbons (Fsp3) is 0.500. The van der Waals surface area contributed by atoms with E-state index in [4.69, 9.17) is 0 Å². The second-order valence-electron chi connectivity index (χ2n) is 7.40. The summed E-state index contributed by atoms with van der Waals surface area (Å²) in [6.45, 7) is 9.46. The van der Waals surface area contributed by atoms with Crippen LogP contribution in [0.3, 0.4) is 0 Å². The molecule has 1 aromatic heterocycles. The van der Waals surface area contributed by atoms with Crippen molar-refractivity contribution < 1.29 is 9.59 Å². The number of carbonyl (C=O) groups excluding carboxylic acids is 2. The van der Waals surface area contributed by atoms with Crippen LogP contribution in [0, 0.1) is 6.92 Å². The fourth-order valence-electron chi connectivity index (χ4n) is 3.77. The molecule has 29 heavy (non-hydrogen) atoms. The van der Waals surface area contributed by atoms with Crippen LogP contribution in [-0.4, -0.2) is 45.4 Å². The Hall–Kier alpha value is -1.86. The first-order chi connectivity index (χ1) is 14.0. The van der Waals surface area contributed by atoms with Crippen LogP contribution >= 0.6 is 23.1 Å². The van der Waals surface area contributed by atoms with Gasteiger partial charge < -0.3 is 9.47 Å². The topological polar surface area (TPSA) is 54.7 Å². The van der Waals surface area contributed by atoms with E-state index in [9.17, 15) is 9.59 Å². The molecule has 7 heteroatoms. The minimum absolute atomic E-state index is 0.147. The van der Waals surface area contributed by atoms with E-state index in [1.165, 1.54) is 35.1 Å². The molecule has 0 bridgehead atoms. The highest BCUT2D eigenvalue weighted by atomic mass is 32.2. The van der Waals surface area contributed by atoms with Gasteiger partial charge in [0.1, 0.15) is 0 Å². The van der Waals surface area contributed by atoms with Gasteiger partial charge in [-0.15, -0.1) is 18.3 Å². The number of amides is 2. The Labute approximate surface area is 180 Å². The number of piperidine rings is 1. The highest BCUT2D eigenvalue weighted by Crippen LogP contribution is 2.21. The lowest BCUT2D eigenvalue weighted by Crippen LogP contribution is -2.44. The highest BCUT2D eigenvalue weighted by molar-refractivity contribution is 8.00. The number of fused-ring (bicyclic) bond motifs is 1. The molecular weight excluding hydrogens is 402 g/mol. The largest absolute Gasteiger partial charge is 0.339 e. The van der Waals surface area contributed by atoms with E-state index in [1.807, 2.05) is 15.5 Å². The van der Waals surface area contributed by atoms with Crippen molar-refractivity contribution >= 4 is 45.1 Å². The predicted octanol–water partition coefficient (Wildman–Crippen LogP) is 4.15. The van der Waals surface area contributed by atoms with E-state index in [-0.39, 0.29) is 17.6 Å². The maximum absolute atomic E-state index is 12.5. The van der Waals surface area contributed by atoms with Gasteiger partial charge in [-0.05, 0) is 50.3 Å². The number of allylic oxidation sites excluding steroid dienone is 1. The van der Waals surface area contributed by atoms with Crippen molar-refractivity contribution in [2.45, 2.75) is 52.1 Å². The number of carbonyl (C=O) groups is 2. The van der Waals surface area contributed by atoms with E-state index >= 15 is 0 Å². The third-order valence-corrected chi connectivity index (χ3v) is 7.18. The van der Waals surface area contributed by atoms with E-state index < -0.39 is 0 Å². The Morgan fingerprint density at radius 3 is 2.93 bits per heavy atom. The van der Waals surface area contributed by atoms with Gasteiger partial charge in [0, 0.05) is 19.1 Å². The molecule has 0 spiro atoms. The zero-order chi connectivity index (χ0) is 20.8. The van der Waals surface area contributed by atoms with Crippen LogP contribution in [0.25, 0.3) is 10.2 Å². The molecule has 1 aliphatic heterocycles. The molecule has 3 rings (SSSR count). The van der Waals surface area contributed by atoms with Gasteiger partial charge in [0.05, 0.1) is 21.7 Å². The summed E-state index contributed by atoms with van der Waals surface area (Å²) in [5.74, 6) is 0.510. The summed E-state index contributed by atoms with van der Waals surface area (Å²) in [4.78, 5) is 32.0. The van der Waals surface area contributed by atoms with Crippen LogP contribution in [0.5, 0.6) is 0 Å². The summed E-state index contributed by atoms with van der Waals surface area (Å²) in [7, 11) is 0. The van der Waals surface area contributed by atoms with Crippen LogP contribution in [0.15, 0.2) is 35.8 Å². The Bertz CT molecular complexity index is 961. The summed E-state index contributed by atoms with van der Waals surface area (Å²) in [6.07, 6.45) is 6.18. The van der Waals surface area contributed by atoms with Crippen molar-refractivity contribution in [3.05, 3.63) is 41.2 Å². The number of thioether (sulfide) groups is 1. The molecule has 2 amide bonds. The van der Waals surface area contributed by atoms with Crippen LogP contribution in [0.1, 0.15) is 38.2 Å². The van der Waals surface area contributed by atoms with Crippen molar-refractivity contribution in [2.24, 2.45) is 4.99 Å². The molecule has 1 aliphatic rings. The first kappa shape index (κ1) is 21.8. The smallest absolute Gasteiger partial charge is 0.258 e. The summed E-state index contributed by atoms with van der Waals surface area (Å²) in [5.41, 5.74) is 2.24.